The van der Waals surface area contributed by atoms with Crippen LogP contribution in [0.5, 0.6) is 0 Å². The predicted octanol–water partition coefficient (Wildman–Crippen LogP) is 4.16. The lowest BCUT2D eigenvalue weighted by Crippen LogP contribution is -2.19. The summed E-state index contributed by atoms with van der Waals surface area (Å²) < 4.78 is 0. The number of aryl methyl sites for hydroxylation is 2. The van der Waals surface area contributed by atoms with Crippen LogP contribution in [0.3, 0.4) is 0 Å². The molecule has 0 radical (unpaired) electrons. The lowest BCUT2D eigenvalue weighted by atomic mass is 9.83. The molecule has 2 aromatic carbocycles. The van der Waals surface area contributed by atoms with Gasteiger partial charge in [0.25, 0.3) is 0 Å². The van der Waals surface area contributed by atoms with E-state index in [1.165, 1.54) is 0 Å². The van der Waals surface area contributed by atoms with Crippen LogP contribution in [-0.2, 0) is 0 Å². The number of carbonyl (C=O) groups is 2. The topological polar surface area (TPSA) is 115 Å². The van der Waals surface area contributed by atoms with Gasteiger partial charge < -0.3 is 20.4 Å². The van der Waals surface area contributed by atoms with Gasteiger partial charge >= 0.3 is 11.9 Å². The van der Waals surface area contributed by atoms with Crippen LogP contribution in [-0.4, -0.2) is 45.6 Å². The van der Waals surface area contributed by atoms with Gasteiger partial charge in [0.15, 0.2) is 0 Å². The van der Waals surface area contributed by atoms with E-state index in [0.29, 0.717) is 36.2 Å². The quantitative estimate of drug-likeness (QED) is 0.595. The van der Waals surface area contributed by atoms with Crippen molar-refractivity contribution in [1.82, 2.24) is 0 Å². The molecule has 2 aromatic rings. The van der Waals surface area contributed by atoms with Crippen LogP contribution < -0.4 is 0 Å². The van der Waals surface area contributed by atoms with Gasteiger partial charge in [0, 0.05) is 13.2 Å². The summed E-state index contributed by atoms with van der Waals surface area (Å²) in [7, 11) is 0. The molecular formula is C24H32O6. The van der Waals surface area contributed by atoms with Crippen LogP contribution in [0.1, 0.15) is 57.5 Å². The highest BCUT2D eigenvalue weighted by atomic mass is 16.4. The Balaban J connectivity index is 0.000000225. The van der Waals surface area contributed by atoms with Gasteiger partial charge in [-0.05, 0) is 74.6 Å². The molecule has 1 aliphatic carbocycles. The fraction of sp³-hybridized carbons (Fsp3) is 0.417. The maximum Gasteiger partial charge on any atom is 0.335 e. The van der Waals surface area contributed by atoms with Crippen molar-refractivity contribution < 1.29 is 30.0 Å². The monoisotopic (exact) mass is 416 g/mol. The summed E-state index contributed by atoms with van der Waals surface area (Å²) in [4.78, 5) is 20.8. The number of aromatic carboxylic acids is 2. The zero-order valence-electron chi connectivity index (χ0n) is 17.6. The minimum absolute atomic E-state index is 0.331. The second-order valence-electron chi connectivity index (χ2n) is 7.49. The minimum atomic E-state index is -0.863. The lowest BCUT2D eigenvalue weighted by Gasteiger charge is -2.25. The van der Waals surface area contributed by atoms with Crippen molar-refractivity contribution in [2.45, 2.75) is 39.5 Å². The van der Waals surface area contributed by atoms with E-state index in [4.69, 9.17) is 20.4 Å². The van der Waals surface area contributed by atoms with E-state index in [2.05, 4.69) is 0 Å². The summed E-state index contributed by atoms with van der Waals surface area (Å²) in [5.41, 5.74) is 2.36. The second kappa shape index (κ2) is 13.5. The van der Waals surface area contributed by atoms with Crippen LogP contribution in [0, 0.1) is 25.7 Å². The van der Waals surface area contributed by atoms with Gasteiger partial charge in [0.05, 0.1) is 11.1 Å². The number of aliphatic hydroxyl groups excluding tert-OH is 2. The average Bonchev–Trinajstić information content (AvgIpc) is 2.75. The van der Waals surface area contributed by atoms with Crippen LogP contribution >= 0.6 is 0 Å². The van der Waals surface area contributed by atoms with Gasteiger partial charge in [-0.3, -0.25) is 0 Å². The molecule has 0 aliphatic heterocycles. The average molecular weight is 417 g/mol. The van der Waals surface area contributed by atoms with E-state index in [9.17, 15) is 9.59 Å². The van der Waals surface area contributed by atoms with Crippen molar-refractivity contribution >= 4 is 11.9 Å². The Labute approximate surface area is 177 Å². The molecule has 0 spiro atoms. The Hall–Kier alpha value is -2.70. The van der Waals surface area contributed by atoms with Gasteiger partial charge in [0.2, 0.25) is 0 Å². The zero-order valence-corrected chi connectivity index (χ0v) is 17.6. The van der Waals surface area contributed by atoms with Gasteiger partial charge in [0.1, 0.15) is 0 Å². The number of carboxylic acid groups (broad SMARTS) is 2. The van der Waals surface area contributed by atoms with Crippen LogP contribution in [0.15, 0.2) is 48.5 Å². The van der Waals surface area contributed by atoms with Crippen molar-refractivity contribution in [3.8, 4) is 0 Å². The molecule has 0 unspecified atom stereocenters. The Morgan fingerprint density at radius 2 is 1.00 bits per heavy atom. The highest BCUT2D eigenvalue weighted by molar-refractivity contribution is 5.89. The Kier molecular flexibility index (Phi) is 11.4. The smallest absolute Gasteiger partial charge is 0.335 e. The van der Waals surface area contributed by atoms with E-state index in [1.807, 2.05) is 12.1 Å². The van der Waals surface area contributed by atoms with Crippen LogP contribution in [0.25, 0.3) is 0 Å². The molecule has 6 heteroatoms. The van der Waals surface area contributed by atoms with Crippen LogP contribution in [0.4, 0.5) is 0 Å². The minimum Gasteiger partial charge on any atom is -0.478 e. The van der Waals surface area contributed by atoms with Crippen molar-refractivity contribution in [1.29, 1.82) is 0 Å². The molecule has 164 valence electrons. The number of hydrogen-bond donors (Lipinski definition) is 4. The van der Waals surface area contributed by atoms with Crippen molar-refractivity contribution in [3.63, 3.8) is 0 Å². The zero-order chi connectivity index (χ0) is 22.5. The number of benzene rings is 2. The molecular weight excluding hydrogens is 384 g/mol. The molecule has 0 atom stereocenters. The Bertz CT molecular complexity index is 726. The third kappa shape index (κ3) is 8.76. The van der Waals surface area contributed by atoms with Crippen molar-refractivity contribution in [3.05, 3.63) is 70.8 Å². The molecule has 6 nitrogen and oxygen atoms in total. The largest absolute Gasteiger partial charge is 0.478 e. The number of hydrogen-bond acceptors (Lipinski definition) is 4. The summed E-state index contributed by atoms with van der Waals surface area (Å²) in [6, 6.07) is 13.8. The first-order valence-electron chi connectivity index (χ1n) is 10.1. The molecule has 1 saturated carbocycles. The second-order valence-corrected chi connectivity index (χ2v) is 7.49. The lowest BCUT2D eigenvalue weighted by molar-refractivity contribution is 0.0685. The van der Waals surface area contributed by atoms with Gasteiger partial charge in [-0.1, -0.05) is 36.4 Å². The Morgan fingerprint density at radius 3 is 1.20 bits per heavy atom. The first-order chi connectivity index (χ1) is 14.3. The van der Waals surface area contributed by atoms with Crippen molar-refractivity contribution in [2.75, 3.05) is 13.2 Å². The highest BCUT2D eigenvalue weighted by Crippen LogP contribution is 2.27. The summed E-state index contributed by atoms with van der Waals surface area (Å²) >= 11 is 0. The van der Waals surface area contributed by atoms with E-state index >= 15 is 0 Å². The third-order valence-corrected chi connectivity index (χ3v) is 5.23. The van der Waals surface area contributed by atoms with Crippen molar-refractivity contribution in [2.24, 2.45) is 11.8 Å². The standard InChI is InChI=1S/2C8H8O2.C8H16O2/c2*1-6-4-2-3-5-7(6)8(9)10;9-5-7-1-2-8(6-10)4-3-7/h2*2-5H,1H3,(H,9,10);7-10H,1-6H2/t;;7-,8-. The van der Waals surface area contributed by atoms with Gasteiger partial charge in [-0.15, -0.1) is 0 Å². The molecule has 0 heterocycles. The van der Waals surface area contributed by atoms with Crippen LogP contribution in [0.2, 0.25) is 0 Å². The SMILES string of the molecule is Cc1ccccc1C(=O)O.Cc1ccccc1C(=O)O.OC[C@H]1CC[C@H](CO)CC1. The molecule has 0 saturated heterocycles. The molecule has 4 N–H and O–H groups in total. The maximum absolute atomic E-state index is 10.4. The van der Waals surface area contributed by atoms with E-state index in [1.54, 1.807) is 50.2 Å². The first kappa shape index (κ1) is 25.3. The summed E-state index contributed by atoms with van der Waals surface area (Å²) in [5.74, 6) is -0.693. The predicted molar refractivity (Wildman–Crippen MR) is 116 cm³/mol. The molecule has 1 aliphatic rings. The fourth-order valence-electron chi connectivity index (χ4n) is 3.22. The maximum atomic E-state index is 10.4. The molecule has 1 fully saturated rings. The summed E-state index contributed by atoms with van der Waals surface area (Å²) in [6.45, 7) is 4.23. The fourth-order valence-corrected chi connectivity index (χ4v) is 3.22. The molecule has 0 bridgehead atoms. The van der Waals surface area contributed by atoms with E-state index in [-0.39, 0.29) is 0 Å². The Morgan fingerprint density at radius 1 is 0.700 bits per heavy atom. The molecule has 0 amide bonds. The molecule has 30 heavy (non-hydrogen) atoms. The van der Waals surface area contributed by atoms with Gasteiger partial charge in [-0.25, -0.2) is 9.59 Å². The molecule has 3 rings (SSSR count). The number of aliphatic hydroxyl groups is 2. The van der Waals surface area contributed by atoms with E-state index in [0.717, 1.165) is 36.8 Å². The first-order valence-corrected chi connectivity index (χ1v) is 10.1. The van der Waals surface area contributed by atoms with Gasteiger partial charge in [-0.2, -0.15) is 0 Å². The third-order valence-electron chi connectivity index (χ3n) is 5.23. The number of carboxylic acids is 2. The normalized spacial score (nSPS) is 17.6. The van der Waals surface area contributed by atoms with E-state index < -0.39 is 11.9 Å². The highest BCUT2D eigenvalue weighted by Gasteiger charge is 2.19. The summed E-state index contributed by atoms with van der Waals surface area (Å²) in [6.07, 6.45) is 4.40. The molecule has 0 aromatic heterocycles. The summed E-state index contributed by atoms with van der Waals surface area (Å²) in [5, 5.41) is 34.7. The number of rotatable bonds is 4.